The van der Waals surface area contributed by atoms with Crippen molar-refractivity contribution in [3.8, 4) is 0 Å². The van der Waals surface area contributed by atoms with E-state index in [1.54, 1.807) is 6.08 Å². The minimum atomic E-state index is 0.0820. The van der Waals surface area contributed by atoms with Crippen molar-refractivity contribution in [2.24, 2.45) is 0 Å². The third-order valence-electron chi connectivity index (χ3n) is 3.10. The van der Waals surface area contributed by atoms with Crippen LogP contribution in [0.1, 0.15) is 15.9 Å². The van der Waals surface area contributed by atoms with Crippen LogP contribution in [0.5, 0.6) is 0 Å². The molecule has 0 N–H and O–H groups in total. The molecule has 0 heterocycles. The van der Waals surface area contributed by atoms with Gasteiger partial charge in [-0.2, -0.15) is 0 Å². The summed E-state index contributed by atoms with van der Waals surface area (Å²) in [7, 11) is 1.93. The van der Waals surface area contributed by atoms with Crippen LogP contribution in [0, 0.1) is 0 Å². The van der Waals surface area contributed by atoms with E-state index in [4.69, 9.17) is 0 Å². The van der Waals surface area contributed by atoms with E-state index < -0.39 is 0 Å². The molecule has 0 saturated carbocycles. The van der Waals surface area contributed by atoms with Gasteiger partial charge in [0, 0.05) is 11.1 Å². The number of ketones is 1. The SMILES string of the molecule is C[N]([Al])c1ccc2cccc3c2c1C(=O)C=C3. The van der Waals surface area contributed by atoms with E-state index in [2.05, 4.69) is 22.6 Å². The van der Waals surface area contributed by atoms with Crippen molar-refractivity contribution in [2.45, 2.75) is 0 Å². The molecule has 0 amide bonds. The topological polar surface area (TPSA) is 20.3 Å². The van der Waals surface area contributed by atoms with Crippen molar-refractivity contribution in [1.82, 2.24) is 0 Å². The average Bonchev–Trinajstić information content (AvgIpc) is 2.33. The molecule has 2 nitrogen and oxygen atoms in total. The fourth-order valence-electron chi connectivity index (χ4n) is 2.33. The van der Waals surface area contributed by atoms with Gasteiger partial charge in [0.1, 0.15) is 0 Å². The first-order valence-electron chi connectivity index (χ1n) is 5.45. The summed E-state index contributed by atoms with van der Waals surface area (Å²) in [5.41, 5.74) is 2.87. The molecule has 80 valence electrons. The number of benzene rings is 2. The highest BCUT2D eigenvalue weighted by Gasteiger charge is 2.18. The van der Waals surface area contributed by atoms with E-state index in [9.17, 15) is 4.79 Å². The van der Waals surface area contributed by atoms with E-state index in [-0.39, 0.29) is 5.78 Å². The highest BCUT2D eigenvalue weighted by molar-refractivity contribution is 6.27. The fraction of sp³-hybridized carbons (Fsp3) is 0.0714. The van der Waals surface area contributed by atoms with Crippen LogP contribution in [-0.4, -0.2) is 29.3 Å². The van der Waals surface area contributed by atoms with Gasteiger partial charge >= 0.3 is 16.5 Å². The second-order valence-corrected chi connectivity index (χ2v) is 4.99. The molecular formula is C14H10AlNO. The summed E-state index contributed by atoms with van der Waals surface area (Å²) in [6.45, 7) is 0. The number of allylic oxidation sites excluding steroid dienone is 1. The lowest BCUT2D eigenvalue weighted by Gasteiger charge is -2.22. The summed E-state index contributed by atoms with van der Waals surface area (Å²) in [6.07, 6.45) is 3.54. The van der Waals surface area contributed by atoms with Gasteiger partial charge in [0.05, 0.1) is 5.56 Å². The van der Waals surface area contributed by atoms with Gasteiger partial charge in [0.25, 0.3) is 0 Å². The molecular weight excluding hydrogens is 225 g/mol. The van der Waals surface area contributed by atoms with E-state index in [1.165, 1.54) is 0 Å². The van der Waals surface area contributed by atoms with Crippen LogP contribution < -0.4 is 3.88 Å². The third kappa shape index (κ3) is 1.51. The van der Waals surface area contributed by atoms with Gasteiger partial charge in [-0.15, -0.1) is 0 Å². The molecule has 3 rings (SSSR count). The minimum absolute atomic E-state index is 0.0820. The van der Waals surface area contributed by atoms with E-state index in [0.29, 0.717) is 0 Å². The second kappa shape index (κ2) is 3.73. The Hall–Kier alpha value is -1.56. The Labute approximate surface area is 108 Å². The number of hydrogen-bond donors (Lipinski definition) is 0. The van der Waals surface area contributed by atoms with E-state index >= 15 is 0 Å². The van der Waals surface area contributed by atoms with Crippen molar-refractivity contribution in [1.29, 1.82) is 0 Å². The van der Waals surface area contributed by atoms with Gasteiger partial charge in [-0.05, 0) is 30.1 Å². The molecule has 2 aromatic rings. The third-order valence-corrected chi connectivity index (χ3v) is 3.37. The van der Waals surface area contributed by atoms with Crippen LogP contribution in [0.3, 0.4) is 0 Å². The van der Waals surface area contributed by atoms with Crippen LogP contribution in [0.4, 0.5) is 5.69 Å². The van der Waals surface area contributed by atoms with E-state index in [1.807, 2.05) is 41.3 Å². The first kappa shape index (κ1) is 10.6. The smallest absolute Gasteiger partial charge is 0.309 e. The van der Waals surface area contributed by atoms with Gasteiger partial charge in [0.15, 0.2) is 5.78 Å². The molecule has 0 spiro atoms. The lowest BCUT2D eigenvalue weighted by Crippen LogP contribution is -2.16. The van der Waals surface area contributed by atoms with Crippen LogP contribution in [0.2, 0.25) is 0 Å². The Morgan fingerprint density at radius 2 is 1.94 bits per heavy atom. The molecule has 2 radical (unpaired) electrons. The molecule has 1 aliphatic carbocycles. The van der Waals surface area contributed by atoms with Gasteiger partial charge < -0.3 is 3.88 Å². The fourth-order valence-corrected chi connectivity index (χ4v) is 2.54. The maximum absolute atomic E-state index is 12.1. The molecule has 0 fully saturated rings. The van der Waals surface area contributed by atoms with Gasteiger partial charge in [-0.3, -0.25) is 4.79 Å². The Bertz CT molecular complexity index is 659. The number of carbonyl (C=O) groups is 1. The number of anilines is 1. The van der Waals surface area contributed by atoms with Gasteiger partial charge in [0.2, 0.25) is 0 Å². The lowest BCUT2D eigenvalue weighted by molar-refractivity contribution is 0.104. The van der Waals surface area contributed by atoms with Crippen LogP contribution in [-0.2, 0) is 0 Å². The number of nitrogens with zero attached hydrogens (tertiary/aromatic N) is 1. The second-order valence-electron chi connectivity index (χ2n) is 4.21. The van der Waals surface area contributed by atoms with Crippen LogP contribution >= 0.6 is 0 Å². The van der Waals surface area contributed by atoms with Crippen LogP contribution in [0.25, 0.3) is 16.8 Å². The predicted molar refractivity (Wildman–Crippen MR) is 71.5 cm³/mol. The van der Waals surface area contributed by atoms with Gasteiger partial charge in [-0.25, -0.2) is 0 Å². The number of carbonyl (C=O) groups excluding carboxylic acids is 1. The molecule has 17 heavy (non-hydrogen) atoms. The lowest BCUT2D eigenvalue weighted by atomic mass is 9.91. The maximum Gasteiger partial charge on any atom is 0.309 e. The van der Waals surface area contributed by atoms with Crippen molar-refractivity contribution in [3.05, 3.63) is 47.5 Å². The normalized spacial score (nSPS) is 13.1. The maximum atomic E-state index is 12.1. The highest BCUT2D eigenvalue weighted by Crippen LogP contribution is 2.34. The Kier molecular flexibility index (Phi) is 2.32. The largest absolute Gasteiger partial charge is 0.481 e. The molecule has 0 aromatic heterocycles. The van der Waals surface area contributed by atoms with Gasteiger partial charge in [-0.1, -0.05) is 30.3 Å². The number of rotatable bonds is 1. The summed E-state index contributed by atoms with van der Waals surface area (Å²) >= 11 is 2.60. The molecule has 2 aromatic carbocycles. The summed E-state index contributed by atoms with van der Waals surface area (Å²) in [6, 6.07) is 10.2. The zero-order valence-electron chi connectivity index (χ0n) is 9.47. The molecule has 0 bridgehead atoms. The Balaban J connectivity index is 2.50. The van der Waals surface area contributed by atoms with Crippen molar-refractivity contribution in [2.75, 3.05) is 10.9 Å². The van der Waals surface area contributed by atoms with E-state index in [0.717, 1.165) is 27.6 Å². The predicted octanol–water partition coefficient (Wildman–Crippen LogP) is 2.57. The zero-order valence-corrected chi connectivity index (χ0v) is 10.6. The minimum Gasteiger partial charge on any atom is -0.481 e. The Morgan fingerprint density at radius 3 is 2.71 bits per heavy atom. The summed E-state index contributed by atoms with van der Waals surface area (Å²) in [4.78, 5) is 12.1. The zero-order chi connectivity index (χ0) is 12.0. The molecule has 0 unspecified atom stereocenters. The molecule has 1 aliphatic rings. The molecule has 0 saturated heterocycles. The summed E-state index contributed by atoms with van der Waals surface area (Å²) in [5, 5.41) is 2.18. The first-order valence-corrected chi connectivity index (χ1v) is 5.96. The summed E-state index contributed by atoms with van der Waals surface area (Å²) in [5.74, 6) is 0.0820. The average molecular weight is 235 g/mol. The van der Waals surface area contributed by atoms with Crippen molar-refractivity contribution >= 4 is 44.8 Å². The van der Waals surface area contributed by atoms with Crippen molar-refractivity contribution in [3.63, 3.8) is 0 Å². The molecule has 0 atom stereocenters. The molecule has 3 heteroatoms. The standard InChI is InChI=1S/C14H11NO.Al/c1-15-11-7-5-9-3-2-4-10-6-8-12(16)14(11)13(9)10;/h2-8H,1H3,(H,15,16);/q;+1/p-1. The summed E-state index contributed by atoms with van der Waals surface area (Å²) < 4.78 is 1.91. The monoisotopic (exact) mass is 235 g/mol. The van der Waals surface area contributed by atoms with Crippen molar-refractivity contribution < 1.29 is 4.79 Å². The highest BCUT2D eigenvalue weighted by atomic mass is 27.1. The quantitative estimate of drug-likeness (QED) is 0.708. The molecule has 0 aliphatic heterocycles. The Morgan fingerprint density at radius 1 is 1.12 bits per heavy atom. The van der Waals surface area contributed by atoms with Crippen LogP contribution in [0.15, 0.2) is 36.4 Å². The number of hydrogen-bond acceptors (Lipinski definition) is 2. The first-order chi connectivity index (χ1) is 8.18.